The van der Waals surface area contributed by atoms with Crippen LogP contribution in [0.5, 0.6) is 0 Å². The first kappa shape index (κ1) is 16.4. The van der Waals surface area contributed by atoms with Crippen LogP contribution in [0.25, 0.3) is 0 Å². The van der Waals surface area contributed by atoms with Crippen molar-refractivity contribution in [1.29, 1.82) is 0 Å². The topological polar surface area (TPSA) is 76.8 Å². The number of nitrogen functional groups attached to an aromatic ring is 1. The van der Waals surface area contributed by atoms with Crippen molar-refractivity contribution in [3.8, 4) is 0 Å². The highest BCUT2D eigenvalue weighted by Gasteiger charge is 2.32. The van der Waals surface area contributed by atoms with Gasteiger partial charge in [-0.2, -0.15) is 0 Å². The highest BCUT2D eigenvalue weighted by Crippen LogP contribution is 2.24. The van der Waals surface area contributed by atoms with Crippen molar-refractivity contribution in [3.05, 3.63) is 23.8 Å². The molecule has 0 saturated carbocycles. The van der Waals surface area contributed by atoms with E-state index in [1.54, 1.807) is 18.9 Å². The number of aryl methyl sites for hydroxylation is 1. The highest BCUT2D eigenvalue weighted by molar-refractivity contribution is 5.69. The summed E-state index contributed by atoms with van der Waals surface area (Å²) in [6.07, 6.45) is 0.404. The average molecular weight is 307 g/mol. The third kappa shape index (κ3) is 3.82. The summed E-state index contributed by atoms with van der Waals surface area (Å²) in [6, 6.07) is 6.06. The third-order valence-electron chi connectivity index (χ3n) is 3.94. The number of rotatable bonds is 4. The molecule has 6 nitrogen and oxygen atoms in total. The predicted octanol–water partition coefficient (Wildman–Crippen LogP) is 2.23. The zero-order valence-corrected chi connectivity index (χ0v) is 13.5. The SMILES string of the molecule is CCOC(=O)N1CCC(Nc2ccc(C)cc2N)C(OC)C1. The molecule has 0 aliphatic carbocycles. The number of anilines is 2. The molecule has 0 aromatic heterocycles. The lowest BCUT2D eigenvalue weighted by atomic mass is 10.0. The van der Waals surface area contributed by atoms with Crippen LogP contribution in [0, 0.1) is 6.92 Å². The van der Waals surface area contributed by atoms with Crippen LogP contribution in [0.1, 0.15) is 18.9 Å². The predicted molar refractivity (Wildman–Crippen MR) is 87.0 cm³/mol. The third-order valence-corrected chi connectivity index (χ3v) is 3.94. The first-order valence-corrected chi connectivity index (χ1v) is 7.62. The van der Waals surface area contributed by atoms with Gasteiger partial charge in [-0.15, -0.1) is 0 Å². The molecule has 0 radical (unpaired) electrons. The number of amides is 1. The zero-order valence-electron chi connectivity index (χ0n) is 13.5. The number of nitrogens with two attached hydrogens (primary N) is 1. The van der Waals surface area contributed by atoms with Crippen LogP contribution in [0.15, 0.2) is 18.2 Å². The standard InChI is InChI=1S/C16H25N3O3/c1-4-22-16(20)19-8-7-14(15(10-19)21-3)18-13-6-5-11(2)9-12(13)17/h5-6,9,14-15,18H,4,7-8,10,17H2,1-3H3. The van der Waals surface area contributed by atoms with Crippen LogP contribution in [0.2, 0.25) is 0 Å². The molecule has 2 unspecified atom stereocenters. The van der Waals surface area contributed by atoms with Gasteiger partial charge < -0.3 is 25.4 Å². The first-order valence-electron chi connectivity index (χ1n) is 7.62. The van der Waals surface area contributed by atoms with E-state index in [1.807, 2.05) is 25.1 Å². The minimum absolute atomic E-state index is 0.0983. The molecule has 122 valence electrons. The Morgan fingerprint density at radius 1 is 1.50 bits per heavy atom. The summed E-state index contributed by atoms with van der Waals surface area (Å²) in [5, 5.41) is 3.44. The van der Waals surface area contributed by atoms with Crippen LogP contribution >= 0.6 is 0 Å². The Bertz CT molecular complexity index is 521. The minimum atomic E-state index is -0.280. The lowest BCUT2D eigenvalue weighted by Gasteiger charge is -2.38. The summed E-state index contributed by atoms with van der Waals surface area (Å²) < 4.78 is 10.6. The maximum atomic E-state index is 11.8. The van der Waals surface area contributed by atoms with Crippen molar-refractivity contribution in [3.63, 3.8) is 0 Å². The van der Waals surface area contributed by atoms with Crippen LogP contribution in [0.4, 0.5) is 16.2 Å². The van der Waals surface area contributed by atoms with E-state index in [4.69, 9.17) is 15.2 Å². The average Bonchev–Trinajstić information content (AvgIpc) is 2.50. The molecule has 1 fully saturated rings. The molecule has 0 spiro atoms. The fourth-order valence-corrected chi connectivity index (χ4v) is 2.71. The normalized spacial score (nSPS) is 21.5. The van der Waals surface area contributed by atoms with Gasteiger partial charge in [-0.05, 0) is 38.0 Å². The maximum absolute atomic E-state index is 11.8. The second kappa shape index (κ2) is 7.35. The number of likely N-dealkylation sites (tertiary alicyclic amines) is 1. The van der Waals surface area contributed by atoms with E-state index in [9.17, 15) is 4.79 Å². The van der Waals surface area contributed by atoms with Crippen LogP contribution < -0.4 is 11.1 Å². The summed E-state index contributed by atoms with van der Waals surface area (Å²) in [4.78, 5) is 13.5. The molecule has 1 aliphatic heterocycles. The lowest BCUT2D eigenvalue weighted by molar-refractivity contribution is 0.0176. The quantitative estimate of drug-likeness (QED) is 0.834. The van der Waals surface area contributed by atoms with Crippen molar-refractivity contribution < 1.29 is 14.3 Å². The van der Waals surface area contributed by atoms with Crippen LogP contribution in [-0.4, -0.2) is 49.9 Å². The van der Waals surface area contributed by atoms with E-state index in [1.165, 1.54) is 0 Å². The van der Waals surface area contributed by atoms with E-state index >= 15 is 0 Å². The summed E-state index contributed by atoms with van der Waals surface area (Å²) in [5.41, 5.74) is 8.81. The van der Waals surface area contributed by atoms with Crippen molar-refractivity contribution in [2.45, 2.75) is 32.4 Å². The van der Waals surface area contributed by atoms with Gasteiger partial charge in [0.25, 0.3) is 0 Å². The van der Waals surface area contributed by atoms with E-state index in [0.717, 1.165) is 23.4 Å². The van der Waals surface area contributed by atoms with Crippen LogP contribution in [0.3, 0.4) is 0 Å². The second-order valence-electron chi connectivity index (χ2n) is 5.55. The van der Waals surface area contributed by atoms with Crippen LogP contribution in [-0.2, 0) is 9.47 Å². The summed E-state index contributed by atoms with van der Waals surface area (Å²) in [5.74, 6) is 0. The number of hydrogen-bond donors (Lipinski definition) is 2. The number of benzene rings is 1. The molecule has 1 amide bonds. The number of hydrogen-bond acceptors (Lipinski definition) is 5. The van der Waals surface area contributed by atoms with Crippen molar-refractivity contribution in [2.75, 3.05) is 37.9 Å². The van der Waals surface area contributed by atoms with Crippen molar-refractivity contribution in [1.82, 2.24) is 4.90 Å². The summed E-state index contributed by atoms with van der Waals surface area (Å²) in [6.45, 7) is 5.35. The highest BCUT2D eigenvalue weighted by atomic mass is 16.6. The Balaban J connectivity index is 2.02. The molecule has 22 heavy (non-hydrogen) atoms. The Kier molecular flexibility index (Phi) is 5.49. The lowest BCUT2D eigenvalue weighted by Crippen LogP contribution is -2.52. The van der Waals surface area contributed by atoms with E-state index in [-0.39, 0.29) is 18.2 Å². The van der Waals surface area contributed by atoms with Gasteiger partial charge in [0.1, 0.15) is 0 Å². The molecule has 6 heteroatoms. The summed E-state index contributed by atoms with van der Waals surface area (Å²) >= 11 is 0. The second-order valence-corrected chi connectivity index (χ2v) is 5.55. The molecule has 1 saturated heterocycles. The van der Waals surface area contributed by atoms with Crippen molar-refractivity contribution in [2.24, 2.45) is 0 Å². The number of ether oxygens (including phenoxy) is 2. The fourth-order valence-electron chi connectivity index (χ4n) is 2.71. The Hall–Kier alpha value is -1.95. The number of methoxy groups -OCH3 is 1. The van der Waals surface area contributed by atoms with Gasteiger partial charge >= 0.3 is 6.09 Å². The number of nitrogens with zero attached hydrogens (tertiary/aromatic N) is 1. The number of carbonyl (C=O) groups is 1. The molecular weight excluding hydrogens is 282 g/mol. The molecule has 1 aromatic rings. The number of carbonyl (C=O) groups excluding carboxylic acids is 1. The van der Waals surface area contributed by atoms with Gasteiger partial charge in [-0.25, -0.2) is 4.79 Å². The Morgan fingerprint density at radius 3 is 2.91 bits per heavy atom. The maximum Gasteiger partial charge on any atom is 0.409 e. The monoisotopic (exact) mass is 307 g/mol. The van der Waals surface area contributed by atoms with Gasteiger partial charge in [0.05, 0.1) is 36.7 Å². The van der Waals surface area contributed by atoms with E-state index in [0.29, 0.717) is 19.7 Å². The zero-order chi connectivity index (χ0) is 16.1. The van der Waals surface area contributed by atoms with E-state index < -0.39 is 0 Å². The molecule has 1 heterocycles. The smallest absolute Gasteiger partial charge is 0.409 e. The molecule has 3 N–H and O–H groups in total. The van der Waals surface area contributed by atoms with Gasteiger partial charge in [0.2, 0.25) is 0 Å². The first-order chi connectivity index (χ1) is 10.5. The number of piperidine rings is 1. The van der Waals surface area contributed by atoms with E-state index in [2.05, 4.69) is 5.32 Å². The van der Waals surface area contributed by atoms with Crippen molar-refractivity contribution >= 4 is 17.5 Å². The van der Waals surface area contributed by atoms with Gasteiger partial charge in [-0.3, -0.25) is 0 Å². The Labute approximate surface area is 131 Å². The molecule has 1 aromatic carbocycles. The molecule has 2 atom stereocenters. The molecular formula is C16H25N3O3. The largest absolute Gasteiger partial charge is 0.450 e. The molecule has 1 aliphatic rings. The Morgan fingerprint density at radius 2 is 2.27 bits per heavy atom. The van der Waals surface area contributed by atoms with Gasteiger partial charge in [-0.1, -0.05) is 6.07 Å². The van der Waals surface area contributed by atoms with Gasteiger partial charge in [0, 0.05) is 13.7 Å². The molecule has 2 rings (SSSR count). The molecule has 0 bridgehead atoms. The minimum Gasteiger partial charge on any atom is -0.450 e. The fraction of sp³-hybridized carbons (Fsp3) is 0.562. The van der Waals surface area contributed by atoms with Gasteiger partial charge in [0.15, 0.2) is 0 Å². The summed E-state index contributed by atoms with van der Waals surface area (Å²) in [7, 11) is 1.66. The number of nitrogens with one attached hydrogen (secondary N) is 1.